The molecule has 1 aromatic heterocycles. The van der Waals surface area contributed by atoms with Crippen molar-refractivity contribution >= 4 is 17.7 Å². The highest BCUT2D eigenvalue weighted by atomic mass is 16.6. The van der Waals surface area contributed by atoms with Crippen molar-refractivity contribution in [3.8, 4) is 22.7 Å². The van der Waals surface area contributed by atoms with Crippen LogP contribution in [0.4, 0.5) is 10.5 Å². The molecule has 0 saturated carbocycles. The Balaban J connectivity index is 1.91. The van der Waals surface area contributed by atoms with Crippen LogP contribution in [0.5, 0.6) is 5.75 Å². The van der Waals surface area contributed by atoms with Crippen LogP contribution in [0.2, 0.25) is 0 Å². The maximum absolute atomic E-state index is 12.6. The molecule has 11 heteroatoms. The first-order chi connectivity index (χ1) is 16.8. The standard InChI is InChI=1S/C24H23N5O6/c1-4-35-19-11-10-16(12-18(19)29(32)33)28-13-17(21(27-28)15-8-6-5-7-9-15)22-20(23(30)34-3)14(2)25-24(31)26-22/h5-13,22H,4H2,1-3H3,(H2,25,26,31)/t22-/m0/s1. The van der Waals surface area contributed by atoms with Gasteiger partial charge in [0, 0.05) is 29.1 Å². The van der Waals surface area contributed by atoms with E-state index in [1.54, 1.807) is 26.1 Å². The number of nitrogens with zero attached hydrogens (tertiary/aromatic N) is 3. The Hall–Kier alpha value is -4.67. The molecule has 0 aliphatic carbocycles. The van der Waals surface area contributed by atoms with Crippen LogP contribution in [0.3, 0.4) is 0 Å². The van der Waals surface area contributed by atoms with Gasteiger partial charge in [-0.25, -0.2) is 14.3 Å². The van der Waals surface area contributed by atoms with Gasteiger partial charge < -0.3 is 20.1 Å². The van der Waals surface area contributed by atoms with Crippen molar-refractivity contribution in [3.05, 3.63) is 81.7 Å². The normalized spacial score (nSPS) is 15.3. The second-order valence-corrected chi connectivity index (χ2v) is 7.65. The molecule has 0 saturated heterocycles. The number of hydrogen-bond donors (Lipinski definition) is 2. The maximum atomic E-state index is 12.6. The van der Waals surface area contributed by atoms with Crippen molar-refractivity contribution in [1.29, 1.82) is 0 Å². The molecule has 0 fully saturated rings. The fraction of sp³-hybridized carbons (Fsp3) is 0.208. The zero-order valence-corrected chi connectivity index (χ0v) is 19.3. The molecule has 1 aliphatic heterocycles. The highest BCUT2D eigenvalue weighted by Gasteiger charge is 2.35. The van der Waals surface area contributed by atoms with Crippen molar-refractivity contribution in [3.63, 3.8) is 0 Å². The van der Waals surface area contributed by atoms with Gasteiger partial charge in [0.2, 0.25) is 0 Å². The van der Waals surface area contributed by atoms with Gasteiger partial charge in [-0.3, -0.25) is 10.1 Å². The first kappa shape index (κ1) is 23.5. The minimum absolute atomic E-state index is 0.147. The Morgan fingerprint density at radius 1 is 1.23 bits per heavy atom. The number of rotatable bonds is 7. The van der Waals surface area contributed by atoms with Crippen LogP contribution in [0.25, 0.3) is 16.9 Å². The van der Waals surface area contributed by atoms with Crippen molar-refractivity contribution in [2.24, 2.45) is 0 Å². The van der Waals surface area contributed by atoms with E-state index >= 15 is 0 Å². The first-order valence-corrected chi connectivity index (χ1v) is 10.8. The number of carbonyl (C=O) groups is 2. The topological polar surface area (TPSA) is 138 Å². The number of hydrogen-bond acceptors (Lipinski definition) is 7. The summed E-state index contributed by atoms with van der Waals surface area (Å²) in [5.74, 6) is -0.461. The molecule has 35 heavy (non-hydrogen) atoms. The van der Waals surface area contributed by atoms with Gasteiger partial charge in [0.05, 0.1) is 41.6 Å². The number of amides is 2. The van der Waals surface area contributed by atoms with Crippen molar-refractivity contribution in [1.82, 2.24) is 20.4 Å². The number of urea groups is 1. The first-order valence-electron chi connectivity index (χ1n) is 10.8. The minimum atomic E-state index is -0.863. The van der Waals surface area contributed by atoms with Gasteiger partial charge in [0.15, 0.2) is 5.75 Å². The molecule has 2 amide bonds. The number of ether oxygens (including phenoxy) is 2. The van der Waals surface area contributed by atoms with Gasteiger partial charge >= 0.3 is 17.7 Å². The molecule has 0 bridgehead atoms. The molecule has 180 valence electrons. The van der Waals surface area contributed by atoms with E-state index in [-0.39, 0.29) is 23.6 Å². The van der Waals surface area contributed by atoms with E-state index in [4.69, 9.17) is 9.47 Å². The van der Waals surface area contributed by atoms with E-state index in [0.29, 0.717) is 22.6 Å². The van der Waals surface area contributed by atoms with Crippen LogP contribution < -0.4 is 15.4 Å². The summed E-state index contributed by atoms with van der Waals surface area (Å²) >= 11 is 0. The predicted octanol–water partition coefficient (Wildman–Crippen LogP) is 3.65. The van der Waals surface area contributed by atoms with Crippen LogP contribution in [-0.4, -0.2) is 40.4 Å². The molecular weight excluding hydrogens is 454 g/mol. The number of aromatic nitrogens is 2. The molecular formula is C24H23N5O6. The zero-order chi connectivity index (χ0) is 25.1. The summed E-state index contributed by atoms with van der Waals surface area (Å²) in [7, 11) is 1.26. The Morgan fingerprint density at radius 2 is 1.97 bits per heavy atom. The molecule has 2 aromatic carbocycles. The molecule has 11 nitrogen and oxygen atoms in total. The summed E-state index contributed by atoms with van der Waals surface area (Å²) in [5, 5.41) is 21.7. The lowest BCUT2D eigenvalue weighted by Gasteiger charge is -2.27. The van der Waals surface area contributed by atoms with Gasteiger partial charge in [0.25, 0.3) is 0 Å². The molecule has 3 aromatic rings. The highest BCUT2D eigenvalue weighted by Crippen LogP contribution is 2.36. The lowest BCUT2D eigenvalue weighted by molar-refractivity contribution is -0.385. The SMILES string of the molecule is CCOc1ccc(-n2cc([C@@H]3NC(=O)NC(C)=C3C(=O)OC)c(-c3ccccc3)n2)cc1[N+](=O)[O-]. The van der Waals surface area contributed by atoms with Crippen LogP contribution in [0.15, 0.2) is 66.0 Å². The van der Waals surface area contributed by atoms with Gasteiger partial charge in [-0.15, -0.1) is 0 Å². The summed E-state index contributed by atoms with van der Waals surface area (Å²) in [6.45, 7) is 3.63. The minimum Gasteiger partial charge on any atom is -0.487 e. The van der Waals surface area contributed by atoms with E-state index in [1.807, 2.05) is 30.3 Å². The molecule has 1 aliphatic rings. The molecule has 1 atom stereocenters. The van der Waals surface area contributed by atoms with Crippen LogP contribution in [0.1, 0.15) is 25.5 Å². The lowest BCUT2D eigenvalue weighted by Crippen LogP contribution is -2.45. The summed E-state index contributed by atoms with van der Waals surface area (Å²) in [4.78, 5) is 36.1. The summed E-state index contributed by atoms with van der Waals surface area (Å²) in [5.41, 5.74) is 2.52. The average molecular weight is 477 g/mol. The molecule has 0 unspecified atom stereocenters. The average Bonchev–Trinajstić information content (AvgIpc) is 3.29. The van der Waals surface area contributed by atoms with Gasteiger partial charge in [-0.2, -0.15) is 5.10 Å². The zero-order valence-electron chi connectivity index (χ0n) is 19.3. The third kappa shape index (κ3) is 4.56. The van der Waals surface area contributed by atoms with Crippen molar-refractivity contribution in [2.45, 2.75) is 19.9 Å². The molecule has 4 rings (SSSR count). The van der Waals surface area contributed by atoms with Crippen LogP contribution >= 0.6 is 0 Å². The monoisotopic (exact) mass is 477 g/mol. The number of allylic oxidation sites excluding steroid dienone is 1. The fourth-order valence-corrected chi connectivity index (χ4v) is 3.93. The number of nitrogens with one attached hydrogen (secondary N) is 2. The van der Waals surface area contributed by atoms with Gasteiger partial charge in [-0.05, 0) is 26.0 Å². The van der Waals surface area contributed by atoms with Crippen molar-refractivity contribution < 1.29 is 24.0 Å². The van der Waals surface area contributed by atoms with Crippen LogP contribution in [0, 0.1) is 10.1 Å². The van der Waals surface area contributed by atoms with E-state index in [0.717, 1.165) is 5.56 Å². The van der Waals surface area contributed by atoms with E-state index in [9.17, 15) is 19.7 Å². The van der Waals surface area contributed by atoms with E-state index < -0.39 is 23.0 Å². The number of nitro groups is 1. The number of benzene rings is 2. The Labute approximate surface area is 200 Å². The van der Waals surface area contributed by atoms with E-state index in [1.165, 1.54) is 23.9 Å². The fourth-order valence-electron chi connectivity index (χ4n) is 3.93. The molecule has 2 N–H and O–H groups in total. The van der Waals surface area contributed by atoms with Crippen LogP contribution in [-0.2, 0) is 9.53 Å². The highest BCUT2D eigenvalue weighted by molar-refractivity contribution is 5.95. The maximum Gasteiger partial charge on any atom is 0.337 e. The number of carbonyl (C=O) groups excluding carboxylic acids is 2. The Kier molecular flexibility index (Phi) is 6.49. The third-order valence-electron chi connectivity index (χ3n) is 5.48. The Morgan fingerprint density at radius 3 is 2.63 bits per heavy atom. The summed E-state index contributed by atoms with van der Waals surface area (Å²) < 4.78 is 11.8. The van der Waals surface area contributed by atoms with Gasteiger partial charge in [-0.1, -0.05) is 30.3 Å². The number of nitro benzene ring substituents is 1. The quantitative estimate of drug-likeness (QED) is 0.301. The number of esters is 1. The largest absolute Gasteiger partial charge is 0.487 e. The second-order valence-electron chi connectivity index (χ2n) is 7.65. The molecule has 2 heterocycles. The second kappa shape index (κ2) is 9.67. The van der Waals surface area contributed by atoms with Crippen molar-refractivity contribution in [2.75, 3.05) is 13.7 Å². The summed E-state index contributed by atoms with van der Waals surface area (Å²) in [6.07, 6.45) is 1.63. The Bertz CT molecular complexity index is 1330. The van der Waals surface area contributed by atoms with E-state index in [2.05, 4.69) is 15.7 Å². The molecule has 0 radical (unpaired) electrons. The smallest absolute Gasteiger partial charge is 0.337 e. The summed E-state index contributed by atoms with van der Waals surface area (Å²) in [6, 6.07) is 12.4. The van der Waals surface area contributed by atoms with Gasteiger partial charge in [0.1, 0.15) is 0 Å². The third-order valence-corrected chi connectivity index (χ3v) is 5.48. The number of methoxy groups -OCH3 is 1. The molecule has 0 spiro atoms. The lowest BCUT2D eigenvalue weighted by atomic mass is 9.94. The predicted molar refractivity (Wildman–Crippen MR) is 126 cm³/mol.